The van der Waals surface area contributed by atoms with Gasteiger partial charge in [0, 0.05) is 0 Å². The molecule has 0 saturated carbocycles. The summed E-state index contributed by atoms with van der Waals surface area (Å²) in [6.45, 7) is 8.57. The summed E-state index contributed by atoms with van der Waals surface area (Å²) in [5.74, 6) is 0.898. The van der Waals surface area contributed by atoms with Gasteiger partial charge in [-0.2, -0.15) is 0 Å². The molecule has 10 heavy (non-hydrogen) atoms. The highest BCUT2D eigenvalue weighted by atomic mass is 16.3. The van der Waals surface area contributed by atoms with Crippen molar-refractivity contribution in [3.8, 4) is 0 Å². The molecule has 1 aromatic heterocycles. The second kappa shape index (κ2) is 2.78. The Morgan fingerprint density at radius 3 is 2.70 bits per heavy atom. The predicted octanol–water partition coefficient (Wildman–Crippen LogP) is 2.59. The maximum Gasteiger partial charge on any atom is 0.173 e. The summed E-state index contributed by atoms with van der Waals surface area (Å²) in [4.78, 5) is 0. The van der Waals surface area contributed by atoms with Crippen LogP contribution >= 0.6 is 0 Å². The molecule has 0 spiro atoms. The summed E-state index contributed by atoms with van der Waals surface area (Å²) >= 11 is 0. The Labute approximate surface area is 61.8 Å². The van der Waals surface area contributed by atoms with Crippen LogP contribution in [0, 0.1) is 0 Å². The van der Waals surface area contributed by atoms with E-state index in [0.29, 0.717) is 6.71 Å². The summed E-state index contributed by atoms with van der Waals surface area (Å²) < 4.78 is 5.16. The lowest BCUT2D eigenvalue weighted by atomic mass is 9.48. The zero-order valence-electron chi connectivity index (χ0n) is 6.42. The zero-order valence-corrected chi connectivity index (χ0v) is 6.42. The number of furan rings is 1. The van der Waals surface area contributed by atoms with Crippen LogP contribution < -0.4 is 0 Å². The van der Waals surface area contributed by atoms with Crippen molar-refractivity contribution in [2.24, 2.45) is 0 Å². The van der Waals surface area contributed by atoms with Crippen molar-refractivity contribution < 1.29 is 4.42 Å². The van der Waals surface area contributed by atoms with Crippen molar-refractivity contribution in [2.45, 2.75) is 13.6 Å². The molecule has 0 fully saturated rings. The Bertz CT molecular complexity index is 211. The van der Waals surface area contributed by atoms with Crippen molar-refractivity contribution in [2.75, 3.05) is 0 Å². The second-order valence-corrected chi connectivity index (χ2v) is 2.66. The molecule has 1 nitrogen and oxygen atoms in total. The molecule has 0 atom stereocenters. The van der Waals surface area contributed by atoms with Gasteiger partial charge in [-0.3, -0.25) is 0 Å². The fourth-order valence-corrected chi connectivity index (χ4v) is 0.746. The molecule has 0 aliphatic rings. The molecule has 0 saturated heterocycles. The lowest BCUT2D eigenvalue weighted by molar-refractivity contribution is 0.555. The Morgan fingerprint density at radius 2 is 2.30 bits per heavy atom. The van der Waals surface area contributed by atoms with Crippen LogP contribution in [0.15, 0.2) is 29.4 Å². The zero-order chi connectivity index (χ0) is 7.56. The lowest BCUT2D eigenvalue weighted by Gasteiger charge is -2.00. The van der Waals surface area contributed by atoms with E-state index in [1.807, 2.05) is 12.1 Å². The Kier molecular flexibility index (Phi) is 2.00. The van der Waals surface area contributed by atoms with Gasteiger partial charge in [0.05, 0.1) is 6.26 Å². The SMILES string of the molecule is C=C(B(C)C)c1ccco1. The highest BCUT2D eigenvalue weighted by Crippen LogP contribution is 2.14. The minimum Gasteiger partial charge on any atom is -0.466 e. The van der Waals surface area contributed by atoms with Crippen LogP contribution in [-0.2, 0) is 0 Å². The van der Waals surface area contributed by atoms with Crippen molar-refractivity contribution in [3.63, 3.8) is 0 Å². The average Bonchev–Trinajstić information content (AvgIpc) is 2.36. The third-order valence-corrected chi connectivity index (χ3v) is 1.53. The van der Waals surface area contributed by atoms with E-state index in [-0.39, 0.29) is 0 Å². The molecular weight excluding hydrogens is 123 g/mol. The van der Waals surface area contributed by atoms with E-state index in [9.17, 15) is 0 Å². The molecule has 0 radical (unpaired) electrons. The Hall–Kier alpha value is -0.915. The predicted molar refractivity (Wildman–Crippen MR) is 45.2 cm³/mol. The van der Waals surface area contributed by atoms with Crippen molar-refractivity contribution in [1.82, 2.24) is 0 Å². The first-order chi connectivity index (χ1) is 4.72. The first-order valence-corrected chi connectivity index (χ1v) is 3.44. The summed E-state index contributed by atoms with van der Waals surface area (Å²) in [6.07, 6.45) is 1.67. The van der Waals surface area contributed by atoms with Crippen LogP contribution in [0.1, 0.15) is 5.76 Å². The van der Waals surface area contributed by atoms with E-state index in [4.69, 9.17) is 4.42 Å². The minimum atomic E-state index is 0.464. The maximum atomic E-state index is 5.16. The van der Waals surface area contributed by atoms with Gasteiger partial charge in [-0.05, 0) is 17.6 Å². The average molecular weight is 134 g/mol. The topological polar surface area (TPSA) is 13.1 Å². The van der Waals surface area contributed by atoms with Crippen LogP contribution in [-0.4, -0.2) is 6.71 Å². The van der Waals surface area contributed by atoms with Gasteiger partial charge in [0.1, 0.15) is 5.76 Å². The first-order valence-electron chi connectivity index (χ1n) is 3.44. The van der Waals surface area contributed by atoms with E-state index in [2.05, 4.69) is 20.2 Å². The smallest absolute Gasteiger partial charge is 0.173 e. The van der Waals surface area contributed by atoms with Gasteiger partial charge in [0.2, 0.25) is 0 Å². The van der Waals surface area contributed by atoms with Crippen LogP contribution in [0.2, 0.25) is 13.6 Å². The molecule has 52 valence electrons. The van der Waals surface area contributed by atoms with E-state index in [1.165, 1.54) is 0 Å². The van der Waals surface area contributed by atoms with E-state index < -0.39 is 0 Å². The summed E-state index contributed by atoms with van der Waals surface area (Å²) in [6, 6.07) is 3.81. The van der Waals surface area contributed by atoms with Crippen LogP contribution in [0.25, 0.3) is 5.47 Å². The number of hydrogen-bond acceptors (Lipinski definition) is 1. The van der Waals surface area contributed by atoms with Crippen LogP contribution in [0.5, 0.6) is 0 Å². The molecule has 1 rings (SSSR count). The first kappa shape index (κ1) is 7.20. The van der Waals surface area contributed by atoms with Gasteiger partial charge in [0.15, 0.2) is 6.71 Å². The molecule has 0 aliphatic heterocycles. The molecule has 1 aromatic rings. The number of rotatable bonds is 2. The Balaban J connectivity index is 2.78. The van der Waals surface area contributed by atoms with Crippen molar-refractivity contribution in [3.05, 3.63) is 30.7 Å². The monoisotopic (exact) mass is 134 g/mol. The standard InChI is InChI=1S/C8H11BO/c1-7(9(2)3)8-5-4-6-10-8/h4-6H,1H2,2-3H3. The molecule has 0 aromatic carbocycles. The van der Waals surface area contributed by atoms with Gasteiger partial charge in [-0.25, -0.2) is 0 Å². The van der Waals surface area contributed by atoms with E-state index in [1.54, 1.807) is 6.26 Å². The van der Waals surface area contributed by atoms with Crippen LogP contribution in [0.3, 0.4) is 0 Å². The molecule has 0 amide bonds. The molecule has 0 aliphatic carbocycles. The lowest BCUT2D eigenvalue weighted by Crippen LogP contribution is -2.01. The van der Waals surface area contributed by atoms with E-state index in [0.717, 1.165) is 11.2 Å². The van der Waals surface area contributed by atoms with Gasteiger partial charge < -0.3 is 4.42 Å². The molecule has 0 bridgehead atoms. The summed E-state index contributed by atoms with van der Waals surface area (Å²) in [5, 5.41) is 0. The molecule has 0 N–H and O–H groups in total. The fraction of sp³-hybridized carbons (Fsp3) is 0.250. The highest BCUT2D eigenvalue weighted by molar-refractivity contribution is 6.76. The third kappa shape index (κ3) is 1.32. The third-order valence-electron chi connectivity index (χ3n) is 1.53. The summed E-state index contributed by atoms with van der Waals surface area (Å²) in [7, 11) is 0. The second-order valence-electron chi connectivity index (χ2n) is 2.66. The van der Waals surface area contributed by atoms with Gasteiger partial charge >= 0.3 is 0 Å². The van der Waals surface area contributed by atoms with E-state index >= 15 is 0 Å². The van der Waals surface area contributed by atoms with Gasteiger partial charge in [-0.1, -0.05) is 13.6 Å². The van der Waals surface area contributed by atoms with Gasteiger partial charge in [0.25, 0.3) is 0 Å². The fourth-order valence-electron chi connectivity index (χ4n) is 0.746. The molecule has 1 heterocycles. The summed E-state index contributed by atoms with van der Waals surface area (Å²) in [5.41, 5.74) is 1.06. The van der Waals surface area contributed by atoms with Crippen LogP contribution in [0.4, 0.5) is 0 Å². The maximum absolute atomic E-state index is 5.16. The van der Waals surface area contributed by atoms with Gasteiger partial charge in [-0.15, -0.1) is 6.58 Å². The Morgan fingerprint density at radius 1 is 1.60 bits per heavy atom. The minimum absolute atomic E-state index is 0.464. The highest BCUT2D eigenvalue weighted by Gasteiger charge is 2.07. The number of hydrogen-bond donors (Lipinski definition) is 0. The van der Waals surface area contributed by atoms with Crippen molar-refractivity contribution in [1.29, 1.82) is 0 Å². The largest absolute Gasteiger partial charge is 0.466 e. The molecule has 0 unspecified atom stereocenters. The quantitative estimate of drug-likeness (QED) is 0.566. The molecule has 2 heteroatoms. The normalized spacial score (nSPS) is 9.40. The van der Waals surface area contributed by atoms with Crippen molar-refractivity contribution >= 4 is 12.2 Å². The molecular formula is C8H11BO.